The van der Waals surface area contributed by atoms with Crippen molar-refractivity contribution in [3.8, 4) is 0 Å². The SMILES string of the molecule is Cc1ccccc1CCC1=N/C(=C/c2ccc(Cl)cc2)C(=O)O1. The molecule has 3 nitrogen and oxygen atoms in total. The van der Waals surface area contributed by atoms with Gasteiger partial charge >= 0.3 is 5.97 Å². The van der Waals surface area contributed by atoms with E-state index in [1.54, 1.807) is 18.2 Å². The number of ether oxygens (including phenoxy) is 1. The number of nitrogens with zero attached hydrogens (tertiary/aromatic N) is 1. The number of rotatable bonds is 4. The molecule has 0 aromatic heterocycles. The molecule has 23 heavy (non-hydrogen) atoms. The van der Waals surface area contributed by atoms with Crippen molar-refractivity contribution in [2.24, 2.45) is 4.99 Å². The zero-order chi connectivity index (χ0) is 16.2. The fraction of sp³-hybridized carbons (Fsp3) is 0.158. The Labute approximate surface area is 140 Å². The van der Waals surface area contributed by atoms with Gasteiger partial charge in [0.05, 0.1) is 0 Å². The van der Waals surface area contributed by atoms with Crippen LogP contribution in [0.2, 0.25) is 5.02 Å². The van der Waals surface area contributed by atoms with Gasteiger partial charge < -0.3 is 4.74 Å². The van der Waals surface area contributed by atoms with E-state index in [-0.39, 0.29) is 0 Å². The number of benzene rings is 2. The first-order valence-electron chi connectivity index (χ1n) is 7.43. The topological polar surface area (TPSA) is 38.7 Å². The molecule has 4 heteroatoms. The van der Waals surface area contributed by atoms with Crippen molar-refractivity contribution < 1.29 is 9.53 Å². The van der Waals surface area contributed by atoms with E-state index >= 15 is 0 Å². The molecule has 1 aliphatic heterocycles. The molecule has 0 unspecified atom stereocenters. The van der Waals surface area contributed by atoms with Crippen molar-refractivity contribution in [2.45, 2.75) is 19.8 Å². The summed E-state index contributed by atoms with van der Waals surface area (Å²) in [6, 6.07) is 15.4. The average Bonchev–Trinajstić information content (AvgIpc) is 2.89. The summed E-state index contributed by atoms with van der Waals surface area (Å²) in [5, 5.41) is 0.656. The van der Waals surface area contributed by atoms with E-state index in [2.05, 4.69) is 24.0 Å². The standard InChI is InChI=1S/C19H16ClNO2/c1-13-4-2-3-5-15(13)8-11-18-21-17(19(22)23-18)12-14-6-9-16(20)10-7-14/h2-7,9-10,12H,8,11H2,1H3/b17-12+. The highest BCUT2D eigenvalue weighted by Gasteiger charge is 2.22. The van der Waals surface area contributed by atoms with E-state index < -0.39 is 5.97 Å². The van der Waals surface area contributed by atoms with Gasteiger partial charge in [0, 0.05) is 11.4 Å². The fourth-order valence-electron chi connectivity index (χ4n) is 2.41. The number of halogens is 1. The summed E-state index contributed by atoms with van der Waals surface area (Å²) >= 11 is 5.85. The lowest BCUT2D eigenvalue weighted by atomic mass is 10.0. The van der Waals surface area contributed by atoms with Crippen molar-refractivity contribution in [2.75, 3.05) is 0 Å². The van der Waals surface area contributed by atoms with Crippen LogP contribution in [0.5, 0.6) is 0 Å². The molecule has 0 atom stereocenters. The smallest absolute Gasteiger partial charge is 0.363 e. The van der Waals surface area contributed by atoms with E-state index in [1.165, 1.54) is 11.1 Å². The number of carbonyl (C=O) groups excluding carboxylic acids is 1. The second-order valence-electron chi connectivity index (χ2n) is 5.40. The normalized spacial score (nSPS) is 15.7. The van der Waals surface area contributed by atoms with Crippen molar-refractivity contribution in [1.29, 1.82) is 0 Å². The first-order chi connectivity index (χ1) is 11.1. The third-order valence-corrected chi connectivity index (χ3v) is 3.96. The van der Waals surface area contributed by atoms with Crippen molar-refractivity contribution in [3.05, 3.63) is 75.9 Å². The summed E-state index contributed by atoms with van der Waals surface area (Å²) < 4.78 is 5.25. The van der Waals surface area contributed by atoms with Crippen LogP contribution in [0.4, 0.5) is 0 Å². The molecule has 0 N–H and O–H groups in total. The number of cyclic esters (lactones) is 1. The number of esters is 1. The Balaban J connectivity index is 1.71. The summed E-state index contributed by atoms with van der Waals surface area (Å²) in [6.07, 6.45) is 3.11. The van der Waals surface area contributed by atoms with Gasteiger partial charge in [-0.1, -0.05) is 48.0 Å². The maximum atomic E-state index is 11.9. The summed E-state index contributed by atoms with van der Waals surface area (Å²) in [6.45, 7) is 2.07. The molecule has 3 rings (SSSR count). The maximum Gasteiger partial charge on any atom is 0.363 e. The minimum atomic E-state index is -0.403. The summed E-state index contributed by atoms with van der Waals surface area (Å²) in [4.78, 5) is 16.2. The Morgan fingerprint density at radius 1 is 1.09 bits per heavy atom. The van der Waals surface area contributed by atoms with E-state index in [1.807, 2.05) is 24.3 Å². The Kier molecular flexibility index (Phi) is 4.58. The predicted octanol–water partition coefficient (Wildman–Crippen LogP) is 4.58. The highest BCUT2D eigenvalue weighted by molar-refractivity contribution is 6.30. The van der Waals surface area contributed by atoms with Gasteiger partial charge in [-0.25, -0.2) is 9.79 Å². The van der Waals surface area contributed by atoms with Crippen molar-refractivity contribution in [3.63, 3.8) is 0 Å². The van der Waals surface area contributed by atoms with E-state index in [0.29, 0.717) is 23.0 Å². The summed E-state index contributed by atoms with van der Waals surface area (Å²) in [5.41, 5.74) is 3.66. The van der Waals surface area contributed by atoms with Crippen LogP contribution in [-0.4, -0.2) is 11.9 Å². The molecule has 0 bridgehead atoms. The van der Waals surface area contributed by atoms with Gasteiger partial charge in [-0.05, 0) is 48.2 Å². The average molecular weight is 326 g/mol. The lowest BCUT2D eigenvalue weighted by Gasteiger charge is -2.04. The van der Waals surface area contributed by atoms with Gasteiger partial charge in [0.1, 0.15) is 0 Å². The molecule has 0 fully saturated rings. The molecule has 116 valence electrons. The summed E-state index contributed by atoms with van der Waals surface area (Å²) in [5.74, 6) is 0.0678. The van der Waals surface area contributed by atoms with Crippen LogP contribution < -0.4 is 0 Å². The third-order valence-electron chi connectivity index (χ3n) is 3.71. The van der Waals surface area contributed by atoms with E-state index in [4.69, 9.17) is 16.3 Å². The first-order valence-corrected chi connectivity index (χ1v) is 7.81. The molecule has 0 amide bonds. The zero-order valence-corrected chi connectivity index (χ0v) is 13.5. The molecule has 0 spiro atoms. The number of carbonyl (C=O) groups is 1. The van der Waals surface area contributed by atoms with Gasteiger partial charge in [-0.15, -0.1) is 0 Å². The largest absolute Gasteiger partial charge is 0.407 e. The van der Waals surface area contributed by atoms with Gasteiger partial charge in [0.15, 0.2) is 11.6 Å². The Hall–Kier alpha value is -2.39. The molecular formula is C19H16ClNO2. The van der Waals surface area contributed by atoms with Crippen molar-refractivity contribution in [1.82, 2.24) is 0 Å². The second-order valence-corrected chi connectivity index (χ2v) is 5.84. The molecular weight excluding hydrogens is 310 g/mol. The van der Waals surface area contributed by atoms with Crippen LogP contribution >= 0.6 is 11.6 Å². The predicted molar refractivity (Wildman–Crippen MR) is 92.5 cm³/mol. The highest BCUT2D eigenvalue weighted by atomic mass is 35.5. The Morgan fingerprint density at radius 2 is 1.83 bits per heavy atom. The van der Waals surface area contributed by atoms with Gasteiger partial charge in [0.2, 0.25) is 0 Å². The lowest BCUT2D eigenvalue weighted by Crippen LogP contribution is -2.05. The van der Waals surface area contributed by atoms with Crippen LogP contribution in [0.15, 0.2) is 59.2 Å². The minimum Gasteiger partial charge on any atom is -0.407 e. The molecule has 1 heterocycles. The highest BCUT2D eigenvalue weighted by Crippen LogP contribution is 2.19. The number of hydrogen-bond donors (Lipinski definition) is 0. The van der Waals surface area contributed by atoms with Gasteiger partial charge in [-0.2, -0.15) is 0 Å². The van der Waals surface area contributed by atoms with Gasteiger partial charge in [0.25, 0.3) is 0 Å². The van der Waals surface area contributed by atoms with E-state index in [0.717, 1.165) is 12.0 Å². The molecule has 0 radical (unpaired) electrons. The van der Waals surface area contributed by atoms with Crippen molar-refractivity contribution >= 4 is 29.5 Å². The first kappa shape index (κ1) is 15.5. The summed E-state index contributed by atoms with van der Waals surface area (Å²) in [7, 11) is 0. The Bertz CT molecular complexity index is 791. The lowest BCUT2D eigenvalue weighted by molar-refractivity contribution is -0.130. The quantitative estimate of drug-likeness (QED) is 0.609. The maximum absolute atomic E-state index is 11.9. The molecule has 2 aromatic carbocycles. The van der Waals surface area contributed by atoms with Crippen LogP contribution in [-0.2, 0) is 16.0 Å². The van der Waals surface area contributed by atoms with Gasteiger partial charge in [-0.3, -0.25) is 0 Å². The third kappa shape index (κ3) is 3.88. The number of aliphatic imine (C=N–C) groups is 1. The molecule has 0 aliphatic carbocycles. The number of aryl methyl sites for hydroxylation is 2. The Morgan fingerprint density at radius 3 is 2.57 bits per heavy atom. The zero-order valence-electron chi connectivity index (χ0n) is 12.8. The molecule has 1 aliphatic rings. The monoisotopic (exact) mass is 325 g/mol. The van der Waals surface area contributed by atoms with Crippen LogP contribution in [0.3, 0.4) is 0 Å². The van der Waals surface area contributed by atoms with E-state index in [9.17, 15) is 4.79 Å². The number of hydrogen-bond acceptors (Lipinski definition) is 3. The molecule has 0 saturated carbocycles. The minimum absolute atomic E-state index is 0.326. The van der Waals surface area contributed by atoms with Crippen LogP contribution in [0, 0.1) is 6.92 Å². The van der Waals surface area contributed by atoms with Crippen LogP contribution in [0.1, 0.15) is 23.1 Å². The second kappa shape index (κ2) is 6.80. The molecule has 0 saturated heterocycles. The fourth-order valence-corrected chi connectivity index (χ4v) is 2.54. The van der Waals surface area contributed by atoms with Crippen LogP contribution in [0.25, 0.3) is 6.08 Å². The molecule has 2 aromatic rings.